The van der Waals surface area contributed by atoms with Crippen molar-refractivity contribution in [3.05, 3.63) is 6.04 Å². The van der Waals surface area contributed by atoms with E-state index in [1.165, 1.54) is 70.3 Å². The second kappa shape index (κ2) is 5.16. The minimum atomic E-state index is 0.784. The zero-order valence-electron chi connectivity index (χ0n) is 9.30. The largest absolute Gasteiger partial charge is 0.323 e. The van der Waals surface area contributed by atoms with E-state index in [1.54, 1.807) is 0 Å². The van der Waals surface area contributed by atoms with Crippen LogP contribution in [-0.2, 0) is 0 Å². The third kappa shape index (κ3) is 2.50. The van der Waals surface area contributed by atoms with Crippen LogP contribution in [0, 0.1) is 17.9 Å². The highest BCUT2D eigenvalue weighted by Gasteiger charge is 2.28. The van der Waals surface area contributed by atoms with Crippen LogP contribution in [0.3, 0.4) is 0 Å². The monoisotopic (exact) mass is 194 g/mol. The minimum absolute atomic E-state index is 0.784. The van der Waals surface area contributed by atoms with E-state index in [2.05, 4.69) is 0 Å². The van der Waals surface area contributed by atoms with E-state index in [-0.39, 0.29) is 0 Å². The summed E-state index contributed by atoms with van der Waals surface area (Å²) in [5, 5.41) is 0. The molecule has 0 unspecified atom stereocenters. The van der Waals surface area contributed by atoms with Crippen LogP contribution in [0.1, 0.15) is 64.2 Å². The Bertz CT molecular complexity index is 137. The van der Waals surface area contributed by atoms with Crippen molar-refractivity contribution in [3.63, 3.8) is 0 Å². The normalized spacial score (nSPS) is 27.0. The molecule has 0 aliphatic heterocycles. The van der Waals surface area contributed by atoms with E-state index in [1.807, 2.05) is 0 Å². The molecule has 0 aromatic carbocycles. The van der Waals surface area contributed by atoms with Gasteiger partial charge in [0.15, 0.2) is 0 Å². The van der Waals surface area contributed by atoms with E-state index in [9.17, 15) is 0 Å². The molecule has 0 aromatic rings. The summed E-state index contributed by atoms with van der Waals surface area (Å²) in [6.45, 7) is 0. The third-order valence-corrected chi connectivity index (χ3v) is 4.15. The maximum atomic E-state index is 6.34. The van der Waals surface area contributed by atoms with Crippen LogP contribution in [0.2, 0.25) is 0 Å². The smallest absolute Gasteiger partial charge is 0.0399 e. The van der Waals surface area contributed by atoms with Crippen molar-refractivity contribution in [1.29, 1.82) is 0 Å². The Balaban J connectivity index is 1.82. The lowest BCUT2D eigenvalue weighted by molar-refractivity contribution is 0.274. The van der Waals surface area contributed by atoms with Crippen LogP contribution in [-0.4, -0.2) is 0 Å². The first-order valence-electron chi connectivity index (χ1n) is 6.50. The molecule has 0 amide bonds. The fourth-order valence-corrected chi connectivity index (χ4v) is 3.21. The Morgan fingerprint density at radius 3 is 1.36 bits per heavy atom. The lowest BCUT2D eigenvalue weighted by atomic mass is 9.74. The summed E-state index contributed by atoms with van der Waals surface area (Å²) in [7, 11) is 0. The van der Waals surface area contributed by atoms with Crippen molar-refractivity contribution in [3.8, 4) is 0 Å². The molecule has 0 atom stereocenters. The molecule has 2 rings (SSSR count). The zero-order chi connectivity index (χ0) is 9.80. The highest BCUT2D eigenvalue weighted by atomic mass is 14.7. The lowest BCUT2D eigenvalue weighted by Crippen LogP contribution is -2.31. The van der Waals surface area contributed by atoms with Crippen molar-refractivity contribution in [2.24, 2.45) is 17.6 Å². The summed E-state index contributed by atoms with van der Waals surface area (Å²) in [6, 6.07) is 1.38. The second-order valence-corrected chi connectivity index (χ2v) is 5.17. The maximum absolute atomic E-state index is 6.34. The Kier molecular flexibility index (Phi) is 3.86. The molecule has 1 nitrogen and oxygen atoms in total. The van der Waals surface area contributed by atoms with Crippen LogP contribution in [0.25, 0.3) is 0 Å². The zero-order valence-corrected chi connectivity index (χ0v) is 9.30. The van der Waals surface area contributed by atoms with Crippen molar-refractivity contribution in [2.75, 3.05) is 0 Å². The van der Waals surface area contributed by atoms with Gasteiger partial charge in [0.25, 0.3) is 0 Å². The average molecular weight is 194 g/mol. The molecule has 1 heteroatoms. The van der Waals surface area contributed by atoms with Gasteiger partial charge in [0.2, 0.25) is 0 Å². The fraction of sp³-hybridized carbons (Fsp3) is 0.923. The lowest BCUT2D eigenvalue weighted by Gasteiger charge is -2.34. The highest BCUT2D eigenvalue weighted by molar-refractivity contribution is 4.98. The van der Waals surface area contributed by atoms with Crippen molar-refractivity contribution < 1.29 is 0 Å². The molecular weight excluding hydrogens is 170 g/mol. The van der Waals surface area contributed by atoms with Crippen LogP contribution in [0.4, 0.5) is 0 Å². The predicted molar refractivity (Wildman–Crippen MR) is 60.6 cm³/mol. The van der Waals surface area contributed by atoms with Crippen molar-refractivity contribution in [2.45, 2.75) is 64.2 Å². The Morgan fingerprint density at radius 1 is 0.643 bits per heavy atom. The molecule has 0 heterocycles. The molecule has 0 bridgehead atoms. The first-order valence-corrected chi connectivity index (χ1v) is 6.50. The van der Waals surface area contributed by atoms with Crippen molar-refractivity contribution in [1.82, 2.24) is 0 Å². The molecule has 0 spiro atoms. The molecule has 81 valence electrons. The summed E-state index contributed by atoms with van der Waals surface area (Å²) >= 11 is 0. The van der Waals surface area contributed by atoms with Crippen LogP contribution >= 0.6 is 0 Å². The summed E-state index contributed by atoms with van der Waals surface area (Å²) in [6.07, 6.45) is 14.0. The standard InChI is InChI=1S/C13H24N/c14-13(11-7-3-1-4-8-11)12-9-5-2-6-10-12/h11-12H,1-10,14H2. The summed E-state index contributed by atoms with van der Waals surface area (Å²) in [4.78, 5) is 0. The van der Waals surface area contributed by atoms with Crippen LogP contribution < -0.4 is 5.73 Å². The van der Waals surface area contributed by atoms with Gasteiger partial charge in [-0.1, -0.05) is 38.5 Å². The molecule has 0 aromatic heterocycles. The average Bonchev–Trinajstić information content (AvgIpc) is 2.30. The van der Waals surface area contributed by atoms with Crippen LogP contribution in [0.15, 0.2) is 0 Å². The summed E-state index contributed by atoms with van der Waals surface area (Å²) in [5.41, 5.74) is 6.34. The molecule has 1 radical (unpaired) electrons. The van der Waals surface area contributed by atoms with Gasteiger partial charge in [-0.2, -0.15) is 0 Å². The van der Waals surface area contributed by atoms with E-state index >= 15 is 0 Å². The topological polar surface area (TPSA) is 26.0 Å². The van der Waals surface area contributed by atoms with Gasteiger partial charge in [-0.05, 0) is 37.5 Å². The first kappa shape index (κ1) is 10.5. The minimum Gasteiger partial charge on any atom is -0.323 e. The van der Waals surface area contributed by atoms with Gasteiger partial charge in [-0.25, -0.2) is 0 Å². The van der Waals surface area contributed by atoms with Gasteiger partial charge in [-0.3, -0.25) is 0 Å². The molecule has 0 saturated heterocycles. The Labute approximate surface area is 88.4 Å². The number of nitrogens with two attached hydrogens (primary N) is 1. The van der Waals surface area contributed by atoms with E-state index in [4.69, 9.17) is 5.73 Å². The van der Waals surface area contributed by atoms with E-state index in [0.29, 0.717) is 0 Å². The molecular formula is C13H24N. The van der Waals surface area contributed by atoms with Gasteiger partial charge < -0.3 is 5.73 Å². The van der Waals surface area contributed by atoms with E-state index in [0.717, 1.165) is 11.8 Å². The van der Waals surface area contributed by atoms with Gasteiger partial charge >= 0.3 is 0 Å². The van der Waals surface area contributed by atoms with E-state index < -0.39 is 0 Å². The van der Waals surface area contributed by atoms with Crippen molar-refractivity contribution >= 4 is 0 Å². The number of hydrogen-bond donors (Lipinski definition) is 1. The Morgan fingerprint density at radius 2 is 1.00 bits per heavy atom. The summed E-state index contributed by atoms with van der Waals surface area (Å²) in [5.74, 6) is 1.57. The predicted octanol–water partition coefficient (Wildman–Crippen LogP) is 3.64. The Hall–Kier alpha value is -0.0400. The van der Waals surface area contributed by atoms with Gasteiger partial charge in [0.1, 0.15) is 0 Å². The van der Waals surface area contributed by atoms with Gasteiger partial charge in [-0.15, -0.1) is 0 Å². The number of hydrogen-bond acceptors (Lipinski definition) is 1. The van der Waals surface area contributed by atoms with Gasteiger partial charge in [0.05, 0.1) is 0 Å². The molecule has 2 aliphatic carbocycles. The molecule has 2 fully saturated rings. The third-order valence-electron chi connectivity index (χ3n) is 4.15. The van der Waals surface area contributed by atoms with Crippen LogP contribution in [0.5, 0.6) is 0 Å². The highest BCUT2D eigenvalue weighted by Crippen LogP contribution is 2.38. The molecule has 2 saturated carbocycles. The number of rotatable bonds is 2. The van der Waals surface area contributed by atoms with Gasteiger partial charge in [0, 0.05) is 6.04 Å². The quantitative estimate of drug-likeness (QED) is 0.713. The fourth-order valence-electron chi connectivity index (χ4n) is 3.21. The molecule has 14 heavy (non-hydrogen) atoms. The summed E-state index contributed by atoms with van der Waals surface area (Å²) < 4.78 is 0. The second-order valence-electron chi connectivity index (χ2n) is 5.17. The maximum Gasteiger partial charge on any atom is 0.0399 e. The molecule has 2 N–H and O–H groups in total. The molecule has 2 aliphatic rings. The SMILES string of the molecule is N[C](C1CCCCC1)C1CCCCC1. The first-order chi connectivity index (χ1) is 6.88.